The number of aliphatic hydroxyl groups excluding tert-OH is 19. The van der Waals surface area contributed by atoms with Gasteiger partial charge in [-0.3, -0.25) is 14.4 Å². The number of hydrogen-bond acceptors (Lipinski definition) is 36. The van der Waals surface area contributed by atoms with Gasteiger partial charge in [-0.05, 0) is 33.1 Å². The summed E-state index contributed by atoms with van der Waals surface area (Å²) in [5, 5.41) is 224. The first-order valence-corrected chi connectivity index (χ1v) is 46.2. The topological polar surface area (TPSA) is 601 Å². The largest absolute Gasteiger partial charge is 0.394 e. The molecular weight excluding hydrogens is 1650 g/mol. The van der Waals surface area contributed by atoms with E-state index in [-0.39, 0.29) is 12.3 Å². The number of amides is 3. The molecule has 0 aliphatic carbocycles. The van der Waals surface area contributed by atoms with E-state index >= 15 is 0 Å². The summed E-state index contributed by atoms with van der Waals surface area (Å²) in [4.78, 5) is 40.2. The summed E-state index contributed by atoms with van der Waals surface area (Å²) in [6.45, 7) is 3.10. The molecule has 0 aromatic heterocycles. The Kier molecular flexibility index (Phi) is 50.0. The molecule has 0 aromatic rings. The number of hydrogen-bond donors (Lipinski definition) is 22. The minimum absolute atomic E-state index is 0.149. The number of nitrogens with one attached hydrogen (secondary N) is 3. The molecule has 39 nitrogen and oxygen atoms in total. The van der Waals surface area contributed by atoms with Crippen molar-refractivity contribution in [1.82, 2.24) is 16.0 Å². The van der Waals surface area contributed by atoms with Crippen LogP contribution < -0.4 is 16.0 Å². The van der Waals surface area contributed by atoms with Crippen molar-refractivity contribution < 1.29 is 178 Å². The van der Waals surface area contributed by atoms with Crippen LogP contribution in [0, 0.1) is 0 Å². The lowest BCUT2D eigenvalue weighted by atomic mass is 9.93. The van der Waals surface area contributed by atoms with E-state index in [0.29, 0.717) is 12.8 Å². The van der Waals surface area contributed by atoms with Crippen LogP contribution in [0.25, 0.3) is 0 Å². The number of allylic oxidation sites excluding steroid dienone is 1. The number of ether oxygens (including phenoxy) is 14. The van der Waals surface area contributed by atoms with Gasteiger partial charge in [0.1, 0.15) is 159 Å². The van der Waals surface area contributed by atoms with Crippen LogP contribution in [-0.4, -0.2) is 381 Å². The second-order valence-corrected chi connectivity index (χ2v) is 34.8. The van der Waals surface area contributed by atoms with Crippen LogP contribution in [-0.2, 0) is 80.7 Å². The number of rotatable bonds is 57. The van der Waals surface area contributed by atoms with Crippen LogP contribution in [0.5, 0.6) is 0 Å². The summed E-state index contributed by atoms with van der Waals surface area (Å²) < 4.78 is 86.4. The van der Waals surface area contributed by atoms with Crippen LogP contribution in [0.3, 0.4) is 0 Å². The normalized spacial score (nSPS) is 38.3. The Morgan fingerprint density at radius 1 is 0.328 bits per heavy atom. The highest BCUT2D eigenvalue weighted by molar-refractivity contribution is 5.76. The average Bonchev–Trinajstić information content (AvgIpc) is 0.745. The molecule has 125 heavy (non-hydrogen) atoms. The second-order valence-electron chi connectivity index (χ2n) is 34.8. The van der Waals surface area contributed by atoms with E-state index in [1.807, 2.05) is 6.08 Å². The molecule has 39 heteroatoms. The van der Waals surface area contributed by atoms with Gasteiger partial charge in [0.15, 0.2) is 44.0 Å². The summed E-state index contributed by atoms with van der Waals surface area (Å²) >= 11 is 0. The summed E-state index contributed by atoms with van der Waals surface area (Å²) in [6, 6.07) is -4.92. The van der Waals surface area contributed by atoms with Gasteiger partial charge in [-0.1, -0.05) is 206 Å². The smallest absolute Gasteiger partial charge is 0.220 e. The van der Waals surface area contributed by atoms with Gasteiger partial charge in [0.2, 0.25) is 17.7 Å². The highest BCUT2D eigenvalue weighted by Gasteiger charge is 2.61. The zero-order valence-electron chi connectivity index (χ0n) is 73.8. The van der Waals surface area contributed by atoms with Gasteiger partial charge in [0.25, 0.3) is 0 Å². The summed E-state index contributed by atoms with van der Waals surface area (Å²) in [5.41, 5.74) is 0. The zero-order chi connectivity index (χ0) is 91.4. The Hall–Kier alpha value is -3.17. The highest BCUT2D eigenvalue weighted by Crippen LogP contribution is 2.41. The molecule has 7 fully saturated rings. The zero-order valence-corrected chi connectivity index (χ0v) is 73.8. The molecule has 0 radical (unpaired) electrons. The van der Waals surface area contributed by atoms with Crippen LogP contribution >= 0.6 is 0 Å². The van der Waals surface area contributed by atoms with Crippen molar-refractivity contribution in [3.8, 4) is 0 Å². The lowest BCUT2D eigenvalue weighted by Crippen LogP contribution is -2.72. The molecule has 7 heterocycles. The molecule has 730 valence electrons. The van der Waals surface area contributed by atoms with E-state index in [9.17, 15) is 111 Å². The van der Waals surface area contributed by atoms with Gasteiger partial charge in [-0.2, -0.15) is 0 Å². The third-order valence-electron chi connectivity index (χ3n) is 24.8. The van der Waals surface area contributed by atoms with Crippen molar-refractivity contribution in [3.05, 3.63) is 12.2 Å². The third-order valence-corrected chi connectivity index (χ3v) is 24.8. The second kappa shape index (κ2) is 57.4. The van der Waals surface area contributed by atoms with Crippen molar-refractivity contribution in [1.29, 1.82) is 0 Å². The number of unbranched alkanes of at least 4 members (excludes halogenated alkanes) is 29. The summed E-state index contributed by atoms with van der Waals surface area (Å²) in [5.74, 6) is -2.18. The maximum absolute atomic E-state index is 13.8. The predicted molar refractivity (Wildman–Crippen MR) is 442 cm³/mol. The van der Waals surface area contributed by atoms with Crippen molar-refractivity contribution in [3.63, 3.8) is 0 Å². The third kappa shape index (κ3) is 32.9. The molecule has 7 saturated heterocycles. The Bertz CT molecular complexity index is 2970. The number of aliphatic hydroxyl groups is 19. The first-order valence-electron chi connectivity index (χ1n) is 46.2. The van der Waals surface area contributed by atoms with Crippen LogP contribution in [0.15, 0.2) is 12.2 Å². The van der Waals surface area contributed by atoms with E-state index in [1.54, 1.807) is 6.08 Å². The summed E-state index contributed by atoms with van der Waals surface area (Å²) in [7, 11) is 0. The Labute approximate surface area is 734 Å². The first kappa shape index (κ1) is 109. The van der Waals surface area contributed by atoms with E-state index in [4.69, 9.17) is 66.3 Å². The van der Waals surface area contributed by atoms with Crippen LogP contribution in [0.2, 0.25) is 0 Å². The fourth-order valence-electron chi connectivity index (χ4n) is 17.1. The summed E-state index contributed by atoms with van der Waals surface area (Å²) in [6.07, 6.45) is -27.4. The lowest BCUT2D eigenvalue weighted by molar-refractivity contribution is -0.408. The van der Waals surface area contributed by atoms with E-state index in [0.717, 1.165) is 65.2 Å². The molecule has 7 aliphatic rings. The van der Waals surface area contributed by atoms with Crippen molar-refractivity contribution in [2.45, 2.75) is 474 Å². The van der Waals surface area contributed by atoms with Gasteiger partial charge >= 0.3 is 0 Å². The Morgan fingerprint density at radius 2 is 0.680 bits per heavy atom. The maximum atomic E-state index is 13.8. The molecule has 0 aromatic carbocycles. The van der Waals surface area contributed by atoms with Gasteiger partial charge in [-0.25, -0.2) is 0 Å². The quantitative estimate of drug-likeness (QED) is 0.0257. The molecular formula is C86H155N3O36. The lowest BCUT2D eigenvalue weighted by Gasteiger charge is -2.53. The maximum Gasteiger partial charge on any atom is 0.220 e. The number of carbonyl (C=O) groups is 3. The molecule has 0 spiro atoms. The minimum atomic E-state index is -2.34. The fraction of sp³-hybridized carbons (Fsp3) is 0.942. The first-order chi connectivity index (χ1) is 60.0. The molecule has 37 atom stereocenters. The van der Waals surface area contributed by atoms with Crippen LogP contribution in [0.1, 0.15) is 247 Å². The SMILES string of the molecule is CCCCCCCCCCCCC/C=C/[C@@H](O)[C@H](CO[C@@H]1OC(CO)[C@@H](O[C@@H]2OC(CO)[C@H](O)[C@H](O[C@@H]3OC(CO)[C@@H](O[C@H]4OC(C)[C@@H](O)C(O)[C@@H]4O)[C@H](O[C@@H]4OC(CO)[C@H](O)[C@H](O[C@H]5OC(CO)[C@H](O)[C@H](O)C5NC(C)=O)C4O[C@H]4OC(C)[C@@H](O)C(O)[C@@H]4O)C3NC(C)=O)C2O)[C@H](O)C1O)NC(=O)CCCCCCCCCCCCCCCCCCCCC. The van der Waals surface area contributed by atoms with Gasteiger partial charge in [0, 0.05) is 20.3 Å². The standard InChI is InChI=1S/C86H155N3O36/c1-7-9-11-13-15-17-19-21-22-23-24-25-26-28-30-32-34-36-38-40-58(98)89-51(52(97)39-37-35-33-31-29-27-20-18-16-14-12-10-8-2)46-112-82-72(110)69(107)74(56(44-93)119-82)120-85-73(111)77(64(102)54(42-91)116-85)123-81-60(88-50(6)96)76(75(57(45-94)118-81)121-83-70(108)67(105)61(99)47(3)113-83)122-86-79(125-84-71(109)68(106)62(100)48(4)114-84)78(65(103)55(43-92)117-86)124-80-59(87-49(5)95)66(104)63(101)53(41-90)115-80/h37,39,47-48,51-57,59-86,90-94,97,99-111H,7-36,38,40-46H2,1-6H3,(H,87,95)(H,88,96)(H,89,98)/b39-37+/t47?,48?,51-,52+,53?,54?,55?,56?,57?,59?,60?,61+,62+,63-,64-,65-,66+,67?,68?,69+,70-,71-,72?,73?,74+,75+,76+,77-,78-,79?,80+,81-,82+,83+,84+,85-,86-/m0/s1. The van der Waals surface area contributed by atoms with Crippen molar-refractivity contribution in [2.75, 3.05) is 39.6 Å². The van der Waals surface area contributed by atoms with E-state index in [2.05, 4.69) is 29.8 Å². The van der Waals surface area contributed by atoms with E-state index < -0.39 is 278 Å². The van der Waals surface area contributed by atoms with Crippen molar-refractivity contribution in [2.24, 2.45) is 0 Å². The molecule has 7 rings (SSSR count). The monoisotopic (exact) mass is 1810 g/mol. The van der Waals surface area contributed by atoms with Gasteiger partial charge in [0.05, 0.1) is 64.0 Å². The van der Waals surface area contributed by atoms with Crippen molar-refractivity contribution >= 4 is 17.7 Å². The highest BCUT2D eigenvalue weighted by atomic mass is 16.8. The predicted octanol–water partition coefficient (Wildman–Crippen LogP) is -0.984. The molecule has 0 bridgehead atoms. The fourth-order valence-corrected chi connectivity index (χ4v) is 17.1. The number of carbonyl (C=O) groups excluding carboxylic acids is 3. The molecule has 3 amide bonds. The minimum Gasteiger partial charge on any atom is -0.394 e. The van der Waals surface area contributed by atoms with Crippen LogP contribution in [0.4, 0.5) is 0 Å². The Balaban J connectivity index is 1.10. The van der Waals surface area contributed by atoms with E-state index in [1.165, 1.54) is 149 Å². The molecule has 0 saturated carbocycles. The Morgan fingerprint density at radius 3 is 1.16 bits per heavy atom. The molecule has 7 aliphatic heterocycles. The molecule has 22 N–H and O–H groups in total. The average molecular weight is 1810 g/mol. The van der Waals surface area contributed by atoms with Gasteiger partial charge < -0.3 is 179 Å². The van der Waals surface area contributed by atoms with Gasteiger partial charge in [-0.15, -0.1) is 0 Å². The molecule has 14 unspecified atom stereocenters.